The van der Waals surface area contributed by atoms with Crippen molar-refractivity contribution in [2.24, 2.45) is 11.8 Å². The van der Waals surface area contributed by atoms with Gasteiger partial charge in [0.25, 0.3) is 0 Å². The number of ketones is 1. The van der Waals surface area contributed by atoms with Crippen molar-refractivity contribution < 1.29 is 22.7 Å². The molecule has 4 rings (SSSR count). The Bertz CT molecular complexity index is 1160. The van der Waals surface area contributed by atoms with Crippen LogP contribution in [0, 0.1) is 18.8 Å². The SMILES string of the molecule is CCCCC(C(=O)C1CCc2cc(OCc3ccc(-c4ccc(C)cc4)cc3)ccc2C1)C(F)(F)F. The fourth-order valence-corrected chi connectivity index (χ4v) is 4.93. The zero-order valence-corrected chi connectivity index (χ0v) is 20.9. The fraction of sp³-hybridized carbons (Fsp3) is 0.387. The number of hydrogen-bond acceptors (Lipinski definition) is 2. The van der Waals surface area contributed by atoms with Crippen molar-refractivity contribution in [3.8, 4) is 16.9 Å². The number of aryl methyl sites for hydroxylation is 2. The first kappa shape index (κ1) is 26.0. The number of fused-ring (bicyclic) bond motifs is 1. The van der Waals surface area contributed by atoms with Crippen LogP contribution in [0.5, 0.6) is 5.75 Å². The molecule has 0 aliphatic heterocycles. The van der Waals surface area contributed by atoms with Gasteiger partial charge in [0, 0.05) is 5.92 Å². The van der Waals surface area contributed by atoms with Crippen molar-refractivity contribution in [3.05, 3.63) is 89.0 Å². The normalized spacial score (nSPS) is 16.3. The van der Waals surface area contributed by atoms with Crippen LogP contribution in [0.3, 0.4) is 0 Å². The molecule has 0 fully saturated rings. The van der Waals surface area contributed by atoms with Gasteiger partial charge in [-0.05, 0) is 72.6 Å². The second-order valence-corrected chi connectivity index (χ2v) is 9.86. The molecule has 1 aliphatic carbocycles. The lowest BCUT2D eigenvalue weighted by atomic mass is 9.77. The highest BCUT2D eigenvalue weighted by atomic mass is 19.4. The number of carbonyl (C=O) groups excluding carboxylic acids is 1. The van der Waals surface area contributed by atoms with Gasteiger partial charge in [-0.2, -0.15) is 13.2 Å². The molecule has 0 amide bonds. The maximum atomic E-state index is 13.5. The molecule has 36 heavy (non-hydrogen) atoms. The number of alkyl halides is 3. The number of hydrogen-bond donors (Lipinski definition) is 0. The van der Waals surface area contributed by atoms with Gasteiger partial charge in [0.1, 0.15) is 24.1 Å². The average molecular weight is 495 g/mol. The van der Waals surface area contributed by atoms with Crippen LogP contribution < -0.4 is 4.74 Å². The number of carbonyl (C=O) groups is 1. The summed E-state index contributed by atoms with van der Waals surface area (Å²) in [6.45, 7) is 4.34. The minimum Gasteiger partial charge on any atom is -0.489 e. The Hall–Kier alpha value is -3.08. The monoisotopic (exact) mass is 494 g/mol. The molecule has 1 aliphatic rings. The lowest BCUT2D eigenvalue weighted by molar-refractivity contribution is -0.185. The van der Waals surface area contributed by atoms with Gasteiger partial charge in [0.15, 0.2) is 0 Å². The Labute approximate surface area is 211 Å². The lowest BCUT2D eigenvalue weighted by Crippen LogP contribution is -2.37. The van der Waals surface area contributed by atoms with E-state index in [1.54, 1.807) is 0 Å². The third-order valence-electron chi connectivity index (χ3n) is 7.14. The van der Waals surface area contributed by atoms with Gasteiger partial charge in [-0.1, -0.05) is 79.9 Å². The summed E-state index contributed by atoms with van der Waals surface area (Å²) >= 11 is 0. The van der Waals surface area contributed by atoms with E-state index < -0.39 is 23.8 Å². The van der Waals surface area contributed by atoms with Gasteiger partial charge in [-0.15, -0.1) is 0 Å². The topological polar surface area (TPSA) is 26.3 Å². The number of Topliss-reactive ketones (excluding diaryl/α,β-unsaturated/α-hetero) is 1. The molecule has 3 aromatic rings. The van der Waals surface area contributed by atoms with E-state index in [0.717, 1.165) is 28.0 Å². The smallest absolute Gasteiger partial charge is 0.398 e. The second-order valence-electron chi connectivity index (χ2n) is 9.86. The van der Waals surface area contributed by atoms with Crippen molar-refractivity contribution in [2.45, 2.75) is 65.2 Å². The molecule has 0 spiro atoms. The highest BCUT2D eigenvalue weighted by Crippen LogP contribution is 2.37. The molecule has 2 unspecified atom stereocenters. The zero-order chi connectivity index (χ0) is 25.7. The molecular formula is C31H33F3O2. The predicted molar refractivity (Wildman–Crippen MR) is 137 cm³/mol. The van der Waals surface area contributed by atoms with Crippen LogP contribution >= 0.6 is 0 Å². The second kappa shape index (κ2) is 11.3. The van der Waals surface area contributed by atoms with E-state index in [0.29, 0.717) is 38.7 Å². The lowest BCUT2D eigenvalue weighted by Gasteiger charge is -2.28. The number of ether oxygens (including phenoxy) is 1. The molecule has 2 atom stereocenters. The summed E-state index contributed by atoms with van der Waals surface area (Å²) in [5.74, 6) is -2.32. The molecular weight excluding hydrogens is 461 g/mol. The van der Waals surface area contributed by atoms with Gasteiger partial charge in [-0.25, -0.2) is 0 Å². The van der Waals surface area contributed by atoms with Crippen LogP contribution in [0.4, 0.5) is 13.2 Å². The van der Waals surface area contributed by atoms with Crippen LogP contribution in [-0.2, 0) is 24.2 Å². The summed E-state index contributed by atoms with van der Waals surface area (Å²) in [5.41, 5.74) is 6.62. The molecule has 0 heterocycles. The Kier molecular flexibility index (Phi) is 8.17. The molecule has 0 bridgehead atoms. The van der Waals surface area contributed by atoms with E-state index in [2.05, 4.69) is 55.5 Å². The van der Waals surface area contributed by atoms with E-state index >= 15 is 0 Å². The highest BCUT2D eigenvalue weighted by Gasteiger charge is 2.46. The van der Waals surface area contributed by atoms with Crippen LogP contribution in [0.1, 0.15) is 54.9 Å². The van der Waals surface area contributed by atoms with E-state index in [9.17, 15) is 18.0 Å². The molecule has 0 radical (unpaired) electrons. The van der Waals surface area contributed by atoms with Crippen LogP contribution in [0.25, 0.3) is 11.1 Å². The number of halogens is 3. The van der Waals surface area contributed by atoms with Crippen molar-refractivity contribution in [3.63, 3.8) is 0 Å². The Balaban J connectivity index is 1.36. The number of benzene rings is 3. The van der Waals surface area contributed by atoms with E-state index in [-0.39, 0.29) is 6.42 Å². The van der Waals surface area contributed by atoms with E-state index in [1.807, 2.05) is 25.1 Å². The van der Waals surface area contributed by atoms with Gasteiger partial charge < -0.3 is 4.74 Å². The first-order valence-electron chi connectivity index (χ1n) is 12.8. The van der Waals surface area contributed by atoms with Crippen LogP contribution in [-0.4, -0.2) is 12.0 Å². The van der Waals surface area contributed by atoms with Crippen molar-refractivity contribution in [1.82, 2.24) is 0 Å². The molecule has 0 aromatic heterocycles. The summed E-state index contributed by atoms with van der Waals surface area (Å²) < 4.78 is 46.5. The molecule has 0 saturated carbocycles. The fourth-order valence-electron chi connectivity index (χ4n) is 4.93. The first-order valence-corrected chi connectivity index (χ1v) is 12.8. The van der Waals surface area contributed by atoms with Gasteiger partial charge >= 0.3 is 6.18 Å². The maximum absolute atomic E-state index is 13.5. The molecule has 190 valence electrons. The third-order valence-corrected chi connectivity index (χ3v) is 7.14. The molecule has 2 nitrogen and oxygen atoms in total. The third kappa shape index (κ3) is 6.37. The summed E-state index contributed by atoms with van der Waals surface area (Å²) in [7, 11) is 0. The van der Waals surface area contributed by atoms with Crippen LogP contribution in [0.15, 0.2) is 66.7 Å². The average Bonchev–Trinajstić information content (AvgIpc) is 2.87. The van der Waals surface area contributed by atoms with E-state index in [4.69, 9.17) is 4.74 Å². The van der Waals surface area contributed by atoms with Crippen LogP contribution in [0.2, 0.25) is 0 Å². The Morgan fingerprint density at radius 1 is 0.972 bits per heavy atom. The molecule has 0 N–H and O–H groups in total. The first-order chi connectivity index (χ1) is 17.2. The molecule has 0 saturated heterocycles. The highest BCUT2D eigenvalue weighted by molar-refractivity contribution is 5.84. The minimum absolute atomic E-state index is 0.110. The number of unbranched alkanes of at least 4 members (excludes halogenated alkanes) is 1. The quantitative estimate of drug-likeness (QED) is 0.299. The standard InChI is InChI=1S/C31H33F3O2/c1-3-4-5-29(31(32,33)34)30(35)27-15-14-26-19-28(17-16-25(26)18-27)36-20-22-8-12-24(13-9-22)23-10-6-21(2)7-11-23/h6-13,16-17,19,27,29H,3-5,14-15,18,20H2,1-2H3. The summed E-state index contributed by atoms with van der Waals surface area (Å²) in [5, 5.41) is 0. The van der Waals surface area contributed by atoms with Crippen molar-refractivity contribution >= 4 is 5.78 Å². The Morgan fingerprint density at radius 3 is 2.28 bits per heavy atom. The van der Waals surface area contributed by atoms with Gasteiger partial charge in [-0.3, -0.25) is 4.79 Å². The maximum Gasteiger partial charge on any atom is 0.398 e. The van der Waals surface area contributed by atoms with Gasteiger partial charge in [0.2, 0.25) is 0 Å². The van der Waals surface area contributed by atoms with Crippen molar-refractivity contribution in [1.29, 1.82) is 0 Å². The predicted octanol–water partition coefficient (Wildman–Crippen LogP) is 8.28. The summed E-state index contributed by atoms with van der Waals surface area (Å²) in [6, 6.07) is 22.4. The largest absolute Gasteiger partial charge is 0.489 e. The Morgan fingerprint density at radius 2 is 1.64 bits per heavy atom. The van der Waals surface area contributed by atoms with Gasteiger partial charge in [0.05, 0.1) is 0 Å². The molecule has 5 heteroatoms. The van der Waals surface area contributed by atoms with Crippen molar-refractivity contribution in [2.75, 3.05) is 0 Å². The van der Waals surface area contributed by atoms with E-state index in [1.165, 1.54) is 11.1 Å². The number of rotatable bonds is 9. The minimum atomic E-state index is -4.47. The zero-order valence-electron chi connectivity index (χ0n) is 20.9. The molecule has 3 aromatic carbocycles. The summed E-state index contributed by atoms with van der Waals surface area (Å²) in [4.78, 5) is 12.8. The summed E-state index contributed by atoms with van der Waals surface area (Å²) in [6.07, 6.45) is -2.11.